The average Bonchev–Trinajstić information content (AvgIpc) is 3.19. The van der Waals surface area contributed by atoms with Crippen LogP contribution in [0.2, 0.25) is 15.1 Å². The van der Waals surface area contributed by atoms with Gasteiger partial charge in [-0.25, -0.2) is 4.68 Å². The third kappa shape index (κ3) is 5.04. The lowest BCUT2D eigenvalue weighted by molar-refractivity contribution is -0.0133. The van der Waals surface area contributed by atoms with Gasteiger partial charge in [0.05, 0.1) is 11.4 Å². The van der Waals surface area contributed by atoms with Crippen LogP contribution >= 0.6 is 34.8 Å². The average molecular weight is 558 g/mol. The number of nitrogens with zero attached hydrogens (tertiary/aromatic N) is 2. The Labute approximate surface area is 232 Å². The van der Waals surface area contributed by atoms with Crippen LogP contribution in [0, 0.1) is 30.6 Å². The summed E-state index contributed by atoms with van der Waals surface area (Å²) in [5.74, 6) is 3.37. The van der Waals surface area contributed by atoms with Crippen LogP contribution in [0.4, 0.5) is 0 Å². The van der Waals surface area contributed by atoms with Gasteiger partial charge in [-0.2, -0.15) is 5.10 Å². The predicted octanol–water partition coefficient (Wildman–Crippen LogP) is 6.95. The molecule has 1 heterocycles. The van der Waals surface area contributed by atoms with E-state index in [1.54, 1.807) is 22.9 Å². The zero-order valence-electron chi connectivity index (χ0n) is 20.8. The molecule has 194 valence electrons. The Morgan fingerprint density at radius 2 is 1.51 bits per heavy atom. The highest BCUT2D eigenvalue weighted by Crippen LogP contribution is 2.53. The zero-order chi connectivity index (χ0) is 25.7. The van der Waals surface area contributed by atoms with Crippen LogP contribution in [0.1, 0.15) is 48.2 Å². The van der Waals surface area contributed by atoms with Crippen LogP contribution in [0.25, 0.3) is 16.9 Å². The van der Waals surface area contributed by atoms with Gasteiger partial charge in [0.25, 0.3) is 5.91 Å². The zero-order valence-corrected chi connectivity index (χ0v) is 23.1. The van der Waals surface area contributed by atoms with Crippen molar-refractivity contribution in [1.29, 1.82) is 0 Å². The molecule has 0 unspecified atom stereocenters. The van der Waals surface area contributed by atoms with Crippen LogP contribution in [-0.2, 0) is 0 Å². The van der Waals surface area contributed by atoms with Crippen LogP contribution in [0.3, 0.4) is 0 Å². The van der Waals surface area contributed by atoms with Crippen molar-refractivity contribution in [3.05, 3.63) is 68.8 Å². The van der Waals surface area contributed by atoms with E-state index in [9.17, 15) is 4.79 Å². The summed E-state index contributed by atoms with van der Waals surface area (Å²) in [4.78, 5) is 13.3. The quantitative estimate of drug-likeness (QED) is 0.309. The fourth-order valence-corrected chi connectivity index (χ4v) is 7.90. The van der Waals surface area contributed by atoms with Crippen molar-refractivity contribution in [2.45, 2.75) is 45.1 Å². The standard InChI is InChI=1S/C29H31Cl3N4O/c1-16-26(29(37)34-7-6-33-27-20-9-17-8-18(11-20)12-21(27)10-17)35-36(25-14-23(31)13-24(32)15-25)28(16)19-2-4-22(30)5-3-19/h2-5,13-15,17-18,20-21,27,33H,6-12H2,1H3,(H,34,37)/t17-,18+,20-,21+,27?. The first-order chi connectivity index (χ1) is 17.9. The van der Waals surface area contributed by atoms with E-state index in [2.05, 4.69) is 10.6 Å². The minimum Gasteiger partial charge on any atom is -0.349 e. The number of amides is 1. The van der Waals surface area contributed by atoms with E-state index >= 15 is 0 Å². The minimum absolute atomic E-state index is 0.188. The van der Waals surface area contributed by atoms with E-state index in [4.69, 9.17) is 39.9 Å². The fraction of sp³-hybridized carbons (Fsp3) is 0.448. The molecular weight excluding hydrogens is 527 g/mol. The topological polar surface area (TPSA) is 59.0 Å². The van der Waals surface area contributed by atoms with Gasteiger partial charge in [-0.15, -0.1) is 0 Å². The molecule has 8 heteroatoms. The van der Waals surface area contributed by atoms with E-state index < -0.39 is 0 Å². The third-order valence-corrected chi connectivity index (χ3v) is 9.25. The summed E-state index contributed by atoms with van der Waals surface area (Å²) in [6, 6.07) is 13.4. The van der Waals surface area contributed by atoms with Gasteiger partial charge in [0.15, 0.2) is 5.69 Å². The largest absolute Gasteiger partial charge is 0.349 e. The molecule has 1 amide bonds. The van der Waals surface area contributed by atoms with Crippen molar-refractivity contribution in [3.63, 3.8) is 0 Å². The molecule has 2 N–H and O–H groups in total. The number of aromatic nitrogens is 2. The maximum atomic E-state index is 13.3. The van der Waals surface area contributed by atoms with Gasteiger partial charge < -0.3 is 10.6 Å². The molecule has 0 saturated heterocycles. The van der Waals surface area contributed by atoms with Crippen molar-refractivity contribution in [2.75, 3.05) is 13.1 Å². The molecule has 4 saturated carbocycles. The van der Waals surface area contributed by atoms with Crippen LogP contribution in [0.15, 0.2) is 42.5 Å². The molecule has 37 heavy (non-hydrogen) atoms. The van der Waals surface area contributed by atoms with Gasteiger partial charge in [-0.05, 0) is 93.0 Å². The molecule has 4 aliphatic carbocycles. The smallest absolute Gasteiger partial charge is 0.272 e. The highest BCUT2D eigenvalue weighted by molar-refractivity contribution is 6.34. The normalized spacial score (nSPS) is 26.0. The summed E-state index contributed by atoms with van der Waals surface area (Å²) < 4.78 is 1.73. The molecule has 0 spiro atoms. The maximum Gasteiger partial charge on any atom is 0.272 e. The summed E-state index contributed by atoms with van der Waals surface area (Å²) in [5.41, 5.74) is 3.55. The molecule has 0 atom stereocenters. The van der Waals surface area contributed by atoms with E-state index in [0.717, 1.165) is 47.0 Å². The second-order valence-electron chi connectivity index (χ2n) is 11.0. The maximum absolute atomic E-state index is 13.3. The lowest BCUT2D eigenvalue weighted by atomic mass is 9.54. The Hall–Kier alpha value is -2.05. The first kappa shape index (κ1) is 25.2. The number of benzene rings is 2. The molecule has 4 bridgehead atoms. The van der Waals surface area contributed by atoms with Crippen molar-refractivity contribution < 1.29 is 4.79 Å². The SMILES string of the molecule is Cc1c(C(=O)NCCNC2[C@H]3C[C@@H]4C[C@@H](C[C@H]2C4)C3)nn(-c2cc(Cl)cc(Cl)c2)c1-c1ccc(Cl)cc1. The molecule has 4 aliphatic rings. The van der Waals surface area contributed by atoms with Gasteiger partial charge >= 0.3 is 0 Å². The van der Waals surface area contributed by atoms with Crippen molar-refractivity contribution in [3.8, 4) is 16.9 Å². The monoisotopic (exact) mass is 556 g/mol. The van der Waals surface area contributed by atoms with Crippen molar-refractivity contribution >= 4 is 40.7 Å². The van der Waals surface area contributed by atoms with Crippen molar-refractivity contribution in [2.24, 2.45) is 23.7 Å². The number of carbonyl (C=O) groups excluding carboxylic acids is 1. The fourth-order valence-electron chi connectivity index (χ4n) is 7.26. The van der Waals surface area contributed by atoms with E-state index in [1.807, 2.05) is 31.2 Å². The first-order valence-electron chi connectivity index (χ1n) is 13.2. The number of nitrogens with one attached hydrogen (secondary N) is 2. The minimum atomic E-state index is -0.188. The molecule has 4 fully saturated rings. The van der Waals surface area contributed by atoms with E-state index in [-0.39, 0.29) is 5.91 Å². The van der Waals surface area contributed by atoms with E-state index in [1.165, 1.54) is 32.1 Å². The summed E-state index contributed by atoms with van der Waals surface area (Å²) in [6.45, 7) is 3.25. The highest BCUT2D eigenvalue weighted by atomic mass is 35.5. The van der Waals surface area contributed by atoms with Gasteiger partial charge in [0, 0.05) is 45.3 Å². The Balaban J connectivity index is 1.19. The molecule has 1 aromatic heterocycles. The van der Waals surface area contributed by atoms with Crippen LogP contribution < -0.4 is 10.6 Å². The lowest BCUT2D eigenvalue weighted by Gasteiger charge is -2.54. The third-order valence-electron chi connectivity index (χ3n) is 8.56. The molecule has 5 nitrogen and oxygen atoms in total. The van der Waals surface area contributed by atoms with Crippen LogP contribution in [-0.4, -0.2) is 34.8 Å². The Morgan fingerprint density at radius 1 is 0.892 bits per heavy atom. The Morgan fingerprint density at radius 3 is 2.14 bits per heavy atom. The second kappa shape index (κ2) is 10.3. The van der Waals surface area contributed by atoms with Gasteiger partial charge in [0.1, 0.15) is 0 Å². The van der Waals surface area contributed by atoms with Gasteiger partial charge in [-0.1, -0.05) is 46.9 Å². The summed E-state index contributed by atoms with van der Waals surface area (Å²) in [6.07, 6.45) is 6.99. The number of hydrogen-bond donors (Lipinski definition) is 2. The molecule has 0 aliphatic heterocycles. The molecular formula is C29H31Cl3N4O. The molecule has 2 aromatic carbocycles. The number of hydrogen-bond acceptors (Lipinski definition) is 3. The summed E-state index contributed by atoms with van der Waals surface area (Å²) in [5, 5.41) is 13.2. The molecule has 3 aromatic rings. The lowest BCUT2D eigenvalue weighted by Crippen LogP contribution is -2.55. The highest BCUT2D eigenvalue weighted by Gasteiger charge is 2.47. The van der Waals surface area contributed by atoms with E-state index in [0.29, 0.717) is 39.0 Å². The Bertz CT molecular complexity index is 1270. The summed E-state index contributed by atoms with van der Waals surface area (Å²) in [7, 11) is 0. The number of rotatable bonds is 7. The Kier molecular flexibility index (Phi) is 7.00. The van der Waals surface area contributed by atoms with Crippen LogP contribution in [0.5, 0.6) is 0 Å². The first-order valence-corrected chi connectivity index (χ1v) is 14.3. The second-order valence-corrected chi connectivity index (χ2v) is 12.3. The predicted molar refractivity (Wildman–Crippen MR) is 150 cm³/mol. The number of halogens is 3. The molecule has 0 radical (unpaired) electrons. The number of carbonyl (C=O) groups is 1. The summed E-state index contributed by atoms with van der Waals surface area (Å²) >= 11 is 18.7. The van der Waals surface area contributed by atoms with Gasteiger partial charge in [-0.3, -0.25) is 4.79 Å². The van der Waals surface area contributed by atoms with Gasteiger partial charge in [0.2, 0.25) is 0 Å². The molecule has 7 rings (SSSR count). The van der Waals surface area contributed by atoms with Crippen molar-refractivity contribution in [1.82, 2.24) is 20.4 Å².